The van der Waals surface area contributed by atoms with Gasteiger partial charge in [0.15, 0.2) is 0 Å². The van der Waals surface area contributed by atoms with Crippen molar-refractivity contribution in [1.29, 1.82) is 0 Å². The van der Waals surface area contributed by atoms with Gasteiger partial charge in [-0.3, -0.25) is 9.59 Å². The summed E-state index contributed by atoms with van der Waals surface area (Å²) in [4.78, 5) is 29.0. The number of amides is 2. The first-order valence-electron chi connectivity index (χ1n) is 8.01. The molecule has 2 rings (SSSR count). The minimum Gasteiger partial charge on any atom is -0.340 e. The van der Waals surface area contributed by atoms with Crippen LogP contribution in [0.4, 0.5) is 0 Å². The summed E-state index contributed by atoms with van der Waals surface area (Å²) in [5.41, 5.74) is 5.80. The summed E-state index contributed by atoms with van der Waals surface area (Å²) in [6, 6.07) is -0.292. The average Bonchev–Trinajstić information content (AvgIpc) is 3.03. The molecule has 2 heterocycles. The van der Waals surface area contributed by atoms with Gasteiger partial charge >= 0.3 is 0 Å². The van der Waals surface area contributed by atoms with E-state index in [1.54, 1.807) is 16.7 Å². The number of halogens is 1. The van der Waals surface area contributed by atoms with Crippen LogP contribution in [0, 0.1) is 10.8 Å². The highest BCUT2D eigenvalue weighted by Crippen LogP contribution is 2.32. The van der Waals surface area contributed by atoms with Crippen LogP contribution in [0.2, 0.25) is 0 Å². The first-order valence-corrected chi connectivity index (χ1v) is 9.17. The molecular formula is C16H30ClN3O2S. The molecule has 7 heteroatoms. The first-order chi connectivity index (χ1) is 10.2. The van der Waals surface area contributed by atoms with Gasteiger partial charge in [0.05, 0.1) is 5.88 Å². The lowest BCUT2D eigenvalue weighted by Gasteiger charge is -2.30. The van der Waals surface area contributed by atoms with Crippen LogP contribution in [0.3, 0.4) is 0 Å². The minimum atomic E-state index is -0.292. The van der Waals surface area contributed by atoms with Crippen molar-refractivity contribution in [2.75, 3.05) is 31.3 Å². The monoisotopic (exact) mass is 363 g/mol. The molecule has 2 aliphatic heterocycles. The summed E-state index contributed by atoms with van der Waals surface area (Å²) in [5.74, 6) is 1.54. The van der Waals surface area contributed by atoms with Crippen LogP contribution >= 0.6 is 24.2 Å². The molecule has 0 aromatic heterocycles. The Balaban J connectivity index is 0.00000264. The van der Waals surface area contributed by atoms with Gasteiger partial charge in [-0.2, -0.15) is 0 Å². The summed E-state index contributed by atoms with van der Waals surface area (Å²) in [5, 5.41) is 0. The molecule has 134 valence electrons. The van der Waals surface area contributed by atoms with Crippen molar-refractivity contribution in [2.45, 2.75) is 46.6 Å². The Labute approximate surface area is 150 Å². The number of likely N-dealkylation sites (tertiary alicyclic amines) is 1. The van der Waals surface area contributed by atoms with Crippen LogP contribution in [0.1, 0.15) is 40.5 Å². The standard InChI is InChI=1S/C16H29N3O2S.ClH/c1-15(2,3)7-13(20)19-11-22-8-12(19)14(21)18-6-5-16(4,9-17)10-18;/h12H,5-11,17H2,1-4H3;1H. The van der Waals surface area contributed by atoms with Gasteiger partial charge in [0.2, 0.25) is 11.8 Å². The second-order valence-electron chi connectivity index (χ2n) is 8.14. The number of carbonyl (C=O) groups is 2. The average molecular weight is 364 g/mol. The van der Waals surface area contributed by atoms with Crippen LogP contribution in [-0.4, -0.2) is 58.9 Å². The Morgan fingerprint density at radius 1 is 1.35 bits per heavy atom. The fourth-order valence-corrected chi connectivity index (χ4v) is 4.21. The molecule has 2 unspecified atom stereocenters. The van der Waals surface area contributed by atoms with Crippen molar-refractivity contribution < 1.29 is 9.59 Å². The van der Waals surface area contributed by atoms with Gasteiger partial charge in [-0.25, -0.2) is 0 Å². The van der Waals surface area contributed by atoms with Crippen molar-refractivity contribution >= 4 is 36.0 Å². The van der Waals surface area contributed by atoms with Crippen LogP contribution in [0.5, 0.6) is 0 Å². The predicted octanol–water partition coefficient (Wildman–Crippen LogP) is 1.94. The third-order valence-electron chi connectivity index (χ3n) is 4.53. The Kier molecular flexibility index (Phi) is 6.82. The zero-order valence-corrected chi connectivity index (χ0v) is 16.3. The zero-order valence-electron chi connectivity index (χ0n) is 14.6. The van der Waals surface area contributed by atoms with E-state index in [0.29, 0.717) is 31.1 Å². The molecule has 2 amide bonds. The molecule has 5 nitrogen and oxygen atoms in total. The van der Waals surface area contributed by atoms with E-state index in [0.717, 1.165) is 13.0 Å². The second-order valence-corrected chi connectivity index (χ2v) is 9.14. The maximum Gasteiger partial charge on any atom is 0.246 e. The van der Waals surface area contributed by atoms with E-state index in [9.17, 15) is 9.59 Å². The van der Waals surface area contributed by atoms with Crippen molar-refractivity contribution in [3.8, 4) is 0 Å². The molecule has 23 heavy (non-hydrogen) atoms. The fraction of sp³-hybridized carbons (Fsp3) is 0.875. The molecule has 2 atom stereocenters. The Morgan fingerprint density at radius 2 is 2.00 bits per heavy atom. The largest absolute Gasteiger partial charge is 0.340 e. The summed E-state index contributed by atoms with van der Waals surface area (Å²) >= 11 is 1.67. The van der Waals surface area contributed by atoms with Crippen molar-refractivity contribution in [3.05, 3.63) is 0 Å². The van der Waals surface area contributed by atoms with Crippen LogP contribution in [0.15, 0.2) is 0 Å². The molecule has 0 aromatic rings. The number of nitrogens with two attached hydrogens (primary N) is 1. The molecule has 0 aliphatic carbocycles. The smallest absolute Gasteiger partial charge is 0.246 e. The van der Waals surface area contributed by atoms with E-state index >= 15 is 0 Å². The molecule has 2 N–H and O–H groups in total. The molecule has 2 aliphatic rings. The Morgan fingerprint density at radius 3 is 2.52 bits per heavy atom. The Hall–Kier alpha value is -0.460. The number of hydrogen-bond donors (Lipinski definition) is 1. The first kappa shape index (κ1) is 20.6. The van der Waals surface area contributed by atoms with Gasteiger partial charge in [0.25, 0.3) is 0 Å². The fourth-order valence-electron chi connectivity index (χ4n) is 3.04. The van der Waals surface area contributed by atoms with Crippen molar-refractivity contribution in [3.63, 3.8) is 0 Å². The molecule has 0 bridgehead atoms. The molecule has 0 radical (unpaired) electrons. The lowest BCUT2D eigenvalue weighted by Crippen LogP contribution is -2.49. The maximum atomic E-state index is 12.8. The molecule has 0 saturated carbocycles. The van der Waals surface area contributed by atoms with Gasteiger partial charge in [0.1, 0.15) is 6.04 Å². The van der Waals surface area contributed by atoms with E-state index in [1.807, 2.05) is 4.90 Å². The second kappa shape index (κ2) is 7.62. The molecule has 2 saturated heterocycles. The predicted molar refractivity (Wildman–Crippen MR) is 97.6 cm³/mol. The van der Waals surface area contributed by atoms with Gasteiger partial charge in [-0.05, 0) is 23.8 Å². The molecule has 0 spiro atoms. The van der Waals surface area contributed by atoms with Crippen LogP contribution in [0.25, 0.3) is 0 Å². The number of hydrogen-bond acceptors (Lipinski definition) is 4. The van der Waals surface area contributed by atoms with Gasteiger partial charge in [-0.15, -0.1) is 24.2 Å². The number of carbonyl (C=O) groups excluding carboxylic acids is 2. The molecule has 2 fully saturated rings. The maximum absolute atomic E-state index is 12.8. The quantitative estimate of drug-likeness (QED) is 0.832. The van der Waals surface area contributed by atoms with Gasteiger partial charge in [0, 0.05) is 25.3 Å². The van der Waals surface area contributed by atoms with E-state index in [-0.39, 0.29) is 41.1 Å². The highest BCUT2D eigenvalue weighted by atomic mass is 35.5. The van der Waals surface area contributed by atoms with Crippen LogP contribution in [-0.2, 0) is 9.59 Å². The van der Waals surface area contributed by atoms with Crippen molar-refractivity contribution in [2.24, 2.45) is 16.6 Å². The topological polar surface area (TPSA) is 66.6 Å². The van der Waals surface area contributed by atoms with E-state index < -0.39 is 0 Å². The van der Waals surface area contributed by atoms with Gasteiger partial charge < -0.3 is 15.5 Å². The number of nitrogens with zero attached hydrogens (tertiary/aromatic N) is 2. The molecule has 0 aromatic carbocycles. The van der Waals surface area contributed by atoms with E-state index in [1.165, 1.54) is 0 Å². The minimum absolute atomic E-state index is 0. The third kappa shape index (κ3) is 5.00. The zero-order chi connectivity index (χ0) is 16.5. The molecular weight excluding hydrogens is 334 g/mol. The highest BCUT2D eigenvalue weighted by Gasteiger charge is 2.42. The van der Waals surface area contributed by atoms with E-state index in [4.69, 9.17) is 5.73 Å². The van der Waals surface area contributed by atoms with Crippen LogP contribution < -0.4 is 5.73 Å². The number of thioether (sulfide) groups is 1. The van der Waals surface area contributed by atoms with Gasteiger partial charge in [-0.1, -0.05) is 27.7 Å². The highest BCUT2D eigenvalue weighted by molar-refractivity contribution is 7.99. The SMILES string of the molecule is CC(C)(C)CC(=O)N1CSCC1C(=O)N1CCC(C)(CN)C1.Cl. The Bertz CT molecular complexity index is 455. The summed E-state index contributed by atoms with van der Waals surface area (Å²) in [6.45, 7) is 10.4. The van der Waals surface area contributed by atoms with Crippen molar-refractivity contribution in [1.82, 2.24) is 9.80 Å². The van der Waals surface area contributed by atoms with E-state index in [2.05, 4.69) is 27.7 Å². The summed E-state index contributed by atoms with van der Waals surface area (Å²) in [7, 11) is 0. The normalized spacial score (nSPS) is 28.0. The lowest BCUT2D eigenvalue weighted by atomic mass is 9.90. The third-order valence-corrected chi connectivity index (χ3v) is 5.54. The lowest BCUT2D eigenvalue weighted by molar-refractivity contribution is -0.143. The summed E-state index contributed by atoms with van der Waals surface area (Å²) in [6.07, 6.45) is 1.43. The number of rotatable bonds is 3. The summed E-state index contributed by atoms with van der Waals surface area (Å²) < 4.78 is 0.